The summed E-state index contributed by atoms with van der Waals surface area (Å²) in [6.07, 6.45) is -0.270. The van der Waals surface area contributed by atoms with Crippen molar-refractivity contribution >= 4 is 11.9 Å². The van der Waals surface area contributed by atoms with Crippen LogP contribution in [-0.2, 0) is 19.2 Å². The fraction of sp³-hybridized carbons (Fsp3) is 0.391. The fourth-order valence-corrected chi connectivity index (χ4v) is 4.32. The molecule has 3 atom stereocenters. The molecule has 0 N–H and O–H groups in total. The first-order valence-electron chi connectivity index (χ1n) is 10.5. The fourth-order valence-electron chi connectivity index (χ4n) is 4.32. The molecule has 0 saturated carbocycles. The summed E-state index contributed by atoms with van der Waals surface area (Å²) in [5.74, 6) is 0.0718. The van der Waals surface area contributed by atoms with Gasteiger partial charge in [-0.1, -0.05) is 17.2 Å². The summed E-state index contributed by atoms with van der Waals surface area (Å²) in [7, 11) is 0. The second-order valence-corrected chi connectivity index (χ2v) is 7.92. The van der Waals surface area contributed by atoms with Gasteiger partial charge in [-0.05, 0) is 42.2 Å². The third-order valence-corrected chi connectivity index (χ3v) is 5.92. The Balaban J connectivity index is 1.42. The van der Waals surface area contributed by atoms with Gasteiger partial charge in [0, 0.05) is 12.6 Å². The molecule has 3 heterocycles. The zero-order valence-electron chi connectivity index (χ0n) is 17.2. The highest BCUT2D eigenvalue weighted by Gasteiger charge is 2.44. The molecule has 3 aliphatic rings. The molecule has 0 aliphatic carbocycles. The summed E-state index contributed by atoms with van der Waals surface area (Å²) < 4.78 is 36.0. The lowest BCUT2D eigenvalue weighted by Gasteiger charge is -2.43. The van der Waals surface area contributed by atoms with Gasteiger partial charge < -0.3 is 23.8 Å². The van der Waals surface area contributed by atoms with E-state index in [0.717, 1.165) is 5.56 Å². The molecule has 32 heavy (non-hydrogen) atoms. The number of nitrogens with zero attached hydrogens (tertiary/aromatic N) is 1. The molecule has 3 aliphatic heterocycles. The largest absolute Gasteiger partial charge is 0.493 e. The number of rotatable bonds is 4. The van der Waals surface area contributed by atoms with Crippen molar-refractivity contribution in [2.24, 2.45) is 5.92 Å². The zero-order valence-corrected chi connectivity index (χ0v) is 17.2. The molecule has 0 amide bonds. The number of halogens is 1. The smallest absolute Gasteiger partial charge is 0.325 e. The van der Waals surface area contributed by atoms with E-state index in [2.05, 4.69) is 0 Å². The molecule has 0 aromatic heterocycles. The summed E-state index contributed by atoms with van der Waals surface area (Å²) in [5.41, 5.74) is 0.898. The number of fused-ring (bicyclic) bond motifs is 2. The number of carbonyl (C=O) groups is 2. The summed E-state index contributed by atoms with van der Waals surface area (Å²) in [4.78, 5) is 29.8. The summed E-state index contributed by atoms with van der Waals surface area (Å²) in [5, 5.41) is 1.42. The van der Waals surface area contributed by atoms with Gasteiger partial charge in [0.1, 0.15) is 11.6 Å². The summed E-state index contributed by atoms with van der Waals surface area (Å²) >= 11 is 0. The van der Waals surface area contributed by atoms with Gasteiger partial charge in [0.05, 0.1) is 25.4 Å². The molecule has 1 unspecified atom stereocenters. The molecule has 0 bridgehead atoms. The minimum Gasteiger partial charge on any atom is -0.493 e. The van der Waals surface area contributed by atoms with Crippen molar-refractivity contribution in [3.63, 3.8) is 0 Å². The van der Waals surface area contributed by atoms with Crippen molar-refractivity contribution in [1.82, 2.24) is 5.06 Å². The topological polar surface area (TPSA) is 83.5 Å². The minimum atomic E-state index is -0.815. The van der Waals surface area contributed by atoms with Gasteiger partial charge in [0.2, 0.25) is 6.79 Å². The molecular formula is C23H22FNO7. The molecule has 2 fully saturated rings. The Bertz CT molecular complexity index is 1010. The highest BCUT2D eigenvalue weighted by molar-refractivity contribution is 5.78. The monoisotopic (exact) mass is 443 g/mol. The van der Waals surface area contributed by atoms with Gasteiger partial charge in [0.25, 0.3) is 0 Å². The van der Waals surface area contributed by atoms with Crippen molar-refractivity contribution in [2.45, 2.75) is 31.4 Å². The van der Waals surface area contributed by atoms with Gasteiger partial charge >= 0.3 is 11.9 Å². The van der Waals surface area contributed by atoms with Gasteiger partial charge in [-0.15, -0.1) is 0 Å². The van der Waals surface area contributed by atoms with Gasteiger partial charge in [0.15, 0.2) is 17.7 Å². The number of hydrogen-bond acceptors (Lipinski definition) is 8. The lowest BCUT2D eigenvalue weighted by Crippen LogP contribution is -2.53. The number of hydrogen-bond donors (Lipinski definition) is 0. The first kappa shape index (κ1) is 20.6. The molecule has 2 aromatic rings. The Kier molecular flexibility index (Phi) is 5.57. The number of hydroxylamine groups is 2. The average Bonchev–Trinajstić information content (AvgIpc) is 3.25. The molecule has 0 radical (unpaired) electrons. The van der Waals surface area contributed by atoms with Gasteiger partial charge in [-0.2, -0.15) is 0 Å². The van der Waals surface area contributed by atoms with Gasteiger partial charge in [-0.25, -0.2) is 4.39 Å². The maximum Gasteiger partial charge on any atom is 0.325 e. The highest BCUT2D eigenvalue weighted by atomic mass is 19.1. The summed E-state index contributed by atoms with van der Waals surface area (Å²) in [6.45, 7) is 0.715. The number of ether oxygens (including phenoxy) is 4. The van der Waals surface area contributed by atoms with Crippen molar-refractivity contribution in [3.05, 3.63) is 53.8 Å². The standard InChI is InChI=1S/C23H22FNO7/c24-15-3-1-14(2-4-15)17-9-10-25-23(31-21(26)7-8-22(27)32-25)18(17)12-28-16-5-6-19-20(11-16)30-13-29-19/h1-6,11,17-18,23H,7-10,12-13H2/t17-,18-,23?/m0/s1. The lowest BCUT2D eigenvalue weighted by molar-refractivity contribution is -0.272. The second-order valence-electron chi connectivity index (χ2n) is 7.92. The van der Waals surface area contributed by atoms with Crippen LogP contribution >= 0.6 is 0 Å². The van der Waals surface area contributed by atoms with Crippen molar-refractivity contribution < 1.29 is 37.8 Å². The van der Waals surface area contributed by atoms with Crippen molar-refractivity contribution in [1.29, 1.82) is 0 Å². The predicted octanol–water partition coefficient (Wildman–Crippen LogP) is 3.16. The van der Waals surface area contributed by atoms with Crippen molar-refractivity contribution in [3.8, 4) is 17.2 Å². The SMILES string of the molecule is O=C1CCC(=O)ON2CC[C@@H](c3ccc(F)cc3)[C@H](COc3ccc4c(c3)OCO4)C2O1. The van der Waals surface area contributed by atoms with Crippen LogP contribution < -0.4 is 14.2 Å². The minimum absolute atomic E-state index is 0.0260. The molecule has 5 rings (SSSR count). The van der Waals surface area contributed by atoms with Crippen LogP contribution in [0, 0.1) is 11.7 Å². The molecule has 9 heteroatoms. The Hall–Kier alpha value is -3.33. The maximum atomic E-state index is 13.5. The highest BCUT2D eigenvalue weighted by Crippen LogP contribution is 2.40. The third kappa shape index (κ3) is 4.20. The molecule has 2 saturated heterocycles. The number of carbonyl (C=O) groups excluding carboxylic acids is 2. The van der Waals surface area contributed by atoms with Crippen LogP contribution in [0.15, 0.2) is 42.5 Å². The second kappa shape index (κ2) is 8.66. The maximum absolute atomic E-state index is 13.5. The lowest BCUT2D eigenvalue weighted by atomic mass is 9.80. The molecule has 2 aromatic carbocycles. The van der Waals surface area contributed by atoms with E-state index in [1.807, 2.05) is 0 Å². The summed E-state index contributed by atoms with van der Waals surface area (Å²) in [6, 6.07) is 11.5. The molecule has 168 valence electrons. The van der Waals surface area contributed by atoms with Gasteiger partial charge in [-0.3, -0.25) is 9.59 Å². The zero-order chi connectivity index (χ0) is 22.1. The number of piperidine rings is 1. The quantitative estimate of drug-likeness (QED) is 0.667. The Morgan fingerprint density at radius 3 is 2.62 bits per heavy atom. The normalized spacial score (nSPS) is 25.2. The van der Waals surface area contributed by atoms with E-state index in [1.165, 1.54) is 17.2 Å². The molecular weight excluding hydrogens is 421 g/mol. The van der Waals surface area contributed by atoms with E-state index in [9.17, 15) is 14.0 Å². The Morgan fingerprint density at radius 1 is 1.00 bits per heavy atom. The van der Waals surface area contributed by atoms with Crippen LogP contribution in [0.25, 0.3) is 0 Å². The first-order chi connectivity index (χ1) is 15.6. The van der Waals surface area contributed by atoms with E-state index in [4.69, 9.17) is 23.8 Å². The van der Waals surface area contributed by atoms with E-state index in [0.29, 0.717) is 30.2 Å². The Labute approximate surface area is 183 Å². The van der Waals surface area contributed by atoms with Crippen LogP contribution in [-0.4, -0.2) is 43.2 Å². The van der Waals surface area contributed by atoms with Crippen molar-refractivity contribution in [2.75, 3.05) is 19.9 Å². The molecule has 8 nitrogen and oxygen atoms in total. The molecule has 0 spiro atoms. The number of benzene rings is 2. The van der Waals surface area contributed by atoms with Crippen LogP contribution in [0.1, 0.15) is 30.7 Å². The van der Waals surface area contributed by atoms with E-state index in [-0.39, 0.29) is 43.9 Å². The van der Waals surface area contributed by atoms with E-state index >= 15 is 0 Å². The van der Waals surface area contributed by atoms with Crippen LogP contribution in [0.2, 0.25) is 0 Å². The van der Waals surface area contributed by atoms with Crippen LogP contribution in [0.5, 0.6) is 17.2 Å². The number of esters is 1. The van der Waals surface area contributed by atoms with E-state index in [1.54, 1.807) is 30.3 Å². The van der Waals surface area contributed by atoms with E-state index < -0.39 is 18.2 Å². The third-order valence-electron chi connectivity index (χ3n) is 5.92. The average molecular weight is 443 g/mol. The van der Waals surface area contributed by atoms with Crippen LogP contribution in [0.3, 0.4) is 0 Å². The first-order valence-corrected chi connectivity index (χ1v) is 10.5. The van der Waals surface area contributed by atoms with Crippen LogP contribution in [0.4, 0.5) is 4.39 Å². The Morgan fingerprint density at radius 2 is 1.78 bits per heavy atom. The predicted molar refractivity (Wildman–Crippen MR) is 107 cm³/mol.